The van der Waals surface area contributed by atoms with E-state index >= 15 is 0 Å². The molecule has 1 saturated heterocycles. The van der Waals surface area contributed by atoms with Gasteiger partial charge in [0.15, 0.2) is 0 Å². The van der Waals surface area contributed by atoms with Crippen molar-refractivity contribution in [2.75, 3.05) is 13.1 Å². The van der Waals surface area contributed by atoms with Crippen LogP contribution in [0.2, 0.25) is 0 Å². The number of hydrogen-bond donors (Lipinski definition) is 0. The number of nitrogens with zero attached hydrogens (tertiary/aromatic N) is 1. The number of likely N-dealkylation sites (tertiary alicyclic amines) is 1. The van der Waals surface area contributed by atoms with E-state index in [1.807, 2.05) is 4.90 Å². The average molecular weight is 215 g/mol. The topological polar surface area (TPSA) is 20.3 Å². The predicted octanol–water partition coefficient (Wildman–Crippen LogP) is 2.50. The summed E-state index contributed by atoms with van der Waals surface area (Å²) in [6.07, 6.45) is 2.46. The van der Waals surface area contributed by atoms with Crippen LogP contribution in [0.4, 0.5) is 0 Å². The summed E-state index contributed by atoms with van der Waals surface area (Å²) in [5.41, 5.74) is 2.62. The van der Waals surface area contributed by atoms with Crippen LogP contribution < -0.4 is 0 Å². The smallest absolute Gasteiger partial charge is 0.245 e. The summed E-state index contributed by atoms with van der Waals surface area (Å²) in [6, 6.07) is 8.60. The first kappa shape index (κ1) is 10.9. The van der Waals surface area contributed by atoms with Gasteiger partial charge in [-0.15, -0.1) is 0 Å². The molecule has 0 aliphatic carbocycles. The van der Waals surface area contributed by atoms with Gasteiger partial charge in [-0.05, 0) is 25.0 Å². The Hall–Kier alpha value is -1.57. The van der Waals surface area contributed by atoms with Crippen LogP contribution in [0.3, 0.4) is 0 Å². The molecule has 0 spiro atoms. The molecule has 1 aromatic rings. The minimum absolute atomic E-state index is 0.0506. The van der Waals surface area contributed by atoms with Crippen LogP contribution in [0.15, 0.2) is 36.9 Å². The van der Waals surface area contributed by atoms with Crippen molar-refractivity contribution in [1.82, 2.24) is 4.90 Å². The zero-order valence-corrected chi connectivity index (χ0v) is 9.65. The van der Waals surface area contributed by atoms with Crippen LogP contribution in [0.5, 0.6) is 0 Å². The maximum Gasteiger partial charge on any atom is 0.245 e. The Morgan fingerprint density at radius 3 is 2.75 bits per heavy atom. The van der Waals surface area contributed by atoms with Gasteiger partial charge >= 0.3 is 0 Å². The van der Waals surface area contributed by atoms with E-state index in [1.165, 1.54) is 17.2 Å². The molecular formula is C14H17NO. The molecule has 1 aliphatic rings. The monoisotopic (exact) mass is 215 g/mol. The first-order chi connectivity index (χ1) is 7.70. The first-order valence-electron chi connectivity index (χ1n) is 5.68. The molecule has 2 rings (SSSR count). The second-order valence-corrected chi connectivity index (χ2v) is 4.38. The van der Waals surface area contributed by atoms with Crippen molar-refractivity contribution >= 4 is 5.91 Å². The Kier molecular flexibility index (Phi) is 3.09. The lowest BCUT2D eigenvalue weighted by Crippen LogP contribution is -2.26. The van der Waals surface area contributed by atoms with Gasteiger partial charge in [0, 0.05) is 19.0 Å². The van der Waals surface area contributed by atoms with Crippen LogP contribution in [-0.4, -0.2) is 23.9 Å². The third-order valence-corrected chi connectivity index (χ3v) is 3.22. The van der Waals surface area contributed by atoms with E-state index in [1.54, 1.807) is 0 Å². The lowest BCUT2D eigenvalue weighted by atomic mass is 9.98. The molecule has 1 atom stereocenters. The highest BCUT2D eigenvalue weighted by Crippen LogP contribution is 2.27. The maximum atomic E-state index is 11.5. The van der Waals surface area contributed by atoms with Gasteiger partial charge in [0.25, 0.3) is 0 Å². The minimum Gasteiger partial charge on any atom is -0.339 e. The van der Waals surface area contributed by atoms with E-state index in [2.05, 4.69) is 37.8 Å². The fourth-order valence-electron chi connectivity index (χ4n) is 2.20. The van der Waals surface area contributed by atoms with Crippen molar-refractivity contribution in [1.29, 1.82) is 0 Å². The summed E-state index contributed by atoms with van der Waals surface area (Å²) in [5, 5.41) is 0. The molecule has 2 heteroatoms. The molecule has 84 valence electrons. The summed E-state index contributed by atoms with van der Waals surface area (Å²) in [6.45, 7) is 7.29. The molecule has 0 N–H and O–H groups in total. The van der Waals surface area contributed by atoms with Gasteiger partial charge in [0.2, 0.25) is 5.91 Å². The second kappa shape index (κ2) is 4.52. The molecule has 1 unspecified atom stereocenters. The van der Waals surface area contributed by atoms with Gasteiger partial charge in [0.05, 0.1) is 0 Å². The zero-order chi connectivity index (χ0) is 11.5. The Morgan fingerprint density at radius 2 is 2.12 bits per heavy atom. The lowest BCUT2D eigenvalue weighted by molar-refractivity contribution is -0.125. The van der Waals surface area contributed by atoms with E-state index < -0.39 is 0 Å². The average Bonchev–Trinajstić information content (AvgIpc) is 2.78. The Morgan fingerprint density at radius 1 is 1.44 bits per heavy atom. The van der Waals surface area contributed by atoms with Crippen LogP contribution in [0.1, 0.15) is 23.5 Å². The lowest BCUT2D eigenvalue weighted by Gasteiger charge is -2.14. The molecule has 1 fully saturated rings. The van der Waals surface area contributed by atoms with E-state index in [0.717, 1.165) is 19.5 Å². The summed E-state index contributed by atoms with van der Waals surface area (Å²) < 4.78 is 0. The van der Waals surface area contributed by atoms with E-state index in [9.17, 15) is 4.79 Å². The van der Waals surface area contributed by atoms with E-state index in [0.29, 0.717) is 5.92 Å². The predicted molar refractivity (Wildman–Crippen MR) is 65.3 cm³/mol. The largest absolute Gasteiger partial charge is 0.339 e. The highest BCUT2D eigenvalue weighted by atomic mass is 16.2. The standard InChI is InChI=1S/C14H17NO/c1-3-14(16)15-9-8-13(10-15)12-6-4-11(2)5-7-12/h3-7,13H,1,8-10H2,2H3. The molecule has 2 nitrogen and oxygen atoms in total. The van der Waals surface area contributed by atoms with Gasteiger partial charge in [0.1, 0.15) is 0 Å². The van der Waals surface area contributed by atoms with Crippen LogP contribution >= 0.6 is 0 Å². The first-order valence-corrected chi connectivity index (χ1v) is 5.68. The van der Waals surface area contributed by atoms with Gasteiger partial charge < -0.3 is 4.90 Å². The SMILES string of the molecule is C=CC(=O)N1CCC(c2ccc(C)cc2)C1. The van der Waals surface area contributed by atoms with Crippen molar-refractivity contribution in [2.45, 2.75) is 19.3 Å². The highest BCUT2D eigenvalue weighted by molar-refractivity contribution is 5.87. The third kappa shape index (κ3) is 2.16. The molecule has 16 heavy (non-hydrogen) atoms. The molecule has 0 radical (unpaired) electrons. The number of rotatable bonds is 2. The quantitative estimate of drug-likeness (QED) is 0.694. The number of benzene rings is 1. The Balaban J connectivity index is 2.06. The molecule has 1 heterocycles. The number of aryl methyl sites for hydroxylation is 1. The summed E-state index contributed by atoms with van der Waals surface area (Å²) in [4.78, 5) is 13.3. The summed E-state index contributed by atoms with van der Waals surface area (Å²) in [7, 11) is 0. The van der Waals surface area contributed by atoms with Crippen molar-refractivity contribution in [3.63, 3.8) is 0 Å². The molecule has 0 saturated carbocycles. The van der Waals surface area contributed by atoms with Crippen molar-refractivity contribution < 1.29 is 4.79 Å². The van der Waals surface area contributed by atoms with Crippen molar-refractivity contribution in [3.05, 3.63) is 48.0 Å². The van der Waals surface area contributed by atoms with E-state index in [4.69, 9.17) is 0 Å². The number of hydrogen-bond acceptors (Lipinski definition) is 1. The van der Waals surface area contributed by atoms with Gasteiger partial charge in [-0.25, -0.2) is 0 Å². The molecule has 1 aliphatic heterocycles. The van der Waals surface area contributed by atoms with Crippen molar-refractivity contribution in [2.24, 2.45) is 0 Å². The fraction of sp³-hybridized carbons (Fsp3) is 0.357. The number of amides is 1. The number of carbonyl (C=O) groups excluding carboxylic acids is 1. The normalized spacial score (nSPS) is 19.8. The van der Waals surface area contributed by atoms with Gasteiger partial charge in [-0.2, -0.15) is 0 Å². The van der Waals surface area contributed by atoms with Crippen LogP contribution in [0.25, 0.3) is 0 Å². The second-order valence-electron chi connectivity index (χ2n) is 4.38. The third-order valence-electron chi connectivity index (χ3n) is 3.22. The van der Waals surface area contributed by atoms with Gasteiger partial charge in [-0.3, -0.25) is 4.79 Å². The zero-order valence-electron chi connectivity index (χ0n) is 9.65. The Bertz CT molecular complexity index is 394. The molecule has 1 aromatic carbocycles. The molecule has 0 bridgehead atoms. The van der Waals surface area contributed by atoms with Gasteiger partial charge in [-0.1, -0.05) is 36.4 Å². The minimum atomic E-state index is 0.0506. The highest BCUT2D eigenvalue weighted by Gasteiger charge is 2.25. The molecule has 0 aromatic heterocycles. The molecule has 1 amide bonds. The number of carbonyl (C=O) groups is 1. The van der Waals surface area contributed by atoms with Crippen LogP contribution in [0, 0.1) is 6.92 Å². The van der Waals surface area contributed by atoms with Crippen LogP contribution in [-0.2, 0) is 4.79 Å². The Labute approximate surface area is 96.6 Å². The summed E-state index contributed by atoms with van der Waals surface area (Å²) >= 11 is 0. The van der Waals surface area contributed by atoms with E-state index in [-0.39, 0.29) is 5.91 Å². The van der Waals surface area contributed by atoms with Crippen molar-refractivity contribution in [3.8, 4) is 0 Å². The maximum absolute atomic E-state index is 11.5. The fourth-order valence-corrected chi connectivity index (χ4v) is 2.20. The summed E-state index contributed by atoms with van der Waals surface area (Å²) in [5.74, 6) is 0.541. The molecular weight excluding hydrogens is 198 g/mol.